The van der Waals surface area contributed by atoms with Gasteiger partial charge in [0.2, 0.25) is 11.8 Å². The number of carboxylic acids is 1. The molecule has 2 amide bonds. The summed E-state index contributed by atoms with van der Waals surface area (Å²) < 4.78 is 25.8. The smallest absolute Gasteiger partial charge is 0.333 e. The summed E-state index contributed by atoms with van der Waals surface area (Å²) in [6, 6.07) is 0. The Morgan fingerprint density at radius 2 is 0.974 bits per heavy atom. The molecule has 0 aromatic carbocycles. The molecule has 0 spiro atoms. The quantitative estimate of drug-likeness (QED) is 0.316. The third kappa shape index (κ3) is 9.33. The number of carbonyl (C=O) groups excluding carboxylic acids is 2. The summed E-state index contributed by atoms with van der Waals surface area (Å²) in [7, 11) is 6.30. The monoisotopic (exact) mass is 761 g/mol. The largest absolute Gasteiger partial charge is 0.479 e. The number of rotatable bonds is 5. The maximum absolute atomic E-state index is 11.3. The second kappa shape index (κ2) is 17.4. The van der Waals surface area contributed by atoms with E-state index in [1.54, 1.807) is 21.2 Å². The number of aliphatic hydroxyl groups is 1. The van der Waals surface area contributed by atoms with Crippen LogP contribution >= 0.6 is 0 Å². The molecule has 3 rings (SSSR count). The third-order valence-corrected chi connectivity index (χ3v) is 7.79. The molecule has 1 radical (unpaired) electrons. The fourth-order valence-corrected chi connectivity index (χ4v) is 4.47. The van der Waals surface area contributed by atoms with Crippen LogP contribution in [0.4, 0.5) is 0 Å². The molecule has 3 heterocycles. The van der Waals surface area contributed by atoms with Crippen molar-refractivity contribution in [2.24, 2.45) is 35.5 Å². The molecule has 3 aliphatic heterocycles. The van der Waals surface area contributed by atoms with Crippen molar-refractivity contribution in [2.45, 2.75) is 78.7 Å². The normalized spacial score (nSPS) is 39.6. The van der Waals surface area contributed by atoms with Crippen LogP contribution in [0.25, 0.3) is 0 Å². The zero-order valence-electron chi connectivity index (χ0n) is 24.2. The number of aliphatic carboxylic acids is 1. The van der Waals surface area contributed by atoms with Crippen molar-refractivity contribution in [1.29, 1.82) is 0 Å². The standard InChI is InChI=1S/C9H17NO3.C8H15NO3.C8H14O4.Ac/c1-5-6(2)9(12-4)13-7(5)8(11)10-3;1-4-5(2)8(11)12-6(4)7(10)9-3;1-4-5(2)8(11-3)12-6(4)7(9)10;/h5-7,9H,1-4H3,(H,10,11);4-6,8,11H,1-3H3,(H,9,10);4-6,8H,1-3H3,(H,9,10);/t5-,6+,7-,9?;2*4-,5+,6-,8?;/m000./s1. The molecular weight excluding hydrogens is 715 g/mol. The average Bonchev–Trinajstić information content (AvgIpc) is 3.45. The van der Waals surface area contributed by atoms with Crippen LogP contribution in [0.15, 0.2) is 0 Å². The van der Waals surface area contributed by atoms with Crippen molar-refractivity contribution >= 4 is 17.8 Å². The van der Waals surface area contributed by atoms with Crippen LogP contribution in [-0.4, -0.2) is 93.5 Å². The van der Waals surface area contributed by atoms with E-state index in [0.717, 1.165) is 0 Å². The van der Waals surface area contributed by atoms with E-state index in [2.05, 4.69) is 10.6 Å². The first-order valence-corrected chi connectivity index (χ1v) is 12.6. The Balaban J connectivity index is 0.000000534. The van der Waals surface area contributed by atoms with Crippen LogP contribution in [0.3, 0.4) is 0 Å². The number of carbonyl (C=O) groups is 3. The van der Waals surface area contributed by atoms with Gasteiger partial charge in [0.25, 0.3) is 0 Å². The number of aliphatic hydroxyl groups excluding tert-OH is 1. The molecule has 3 fully saturated rings. The minimum atomic E-state index is -0.908. The Labute approximate surface area is 261 Å². The van der Waals surface area contributed by atoms with E-state index in [4.69, 9.17) is 28.8 Å². The van der Waals surface area contributed by atoms with Gasteiger partial charge in [-0.15, -0.1) is 0 Å². The summed E-state index contributed by atoms with van der Waals surface area (Å²) in [5, 5.41) is 23.1. The van der Waals surface area contributed by atoms with Crippen LogP contribution < -0.4 is 10.6 Å². The fraction of sp³-hybridized carbons (Fsp3) is 0.880. The molecule has 12 atom stereocenters. The van der Waals surface area contributed by atoms with Crippen molar-refractivity contribution in [3.05, 3.63) is 0 Å². The van der Waals surface area contributed by atoms with Gasteiger partial charge < -0.3 is 44.5 Å². The van der Waals surface area contributed by atoms with E-state index in [1.165, 1.54) is 7.11 Å². The molecule has 219 valence electrons. The van der Waals surface area contributed by atoms with Gasteiger partial charge >= 0.3 is 5.97 Å². The molecule has 13 heteroatoms. The number of hydrogen-bond acceptors (Lipinski definition) is 9. The van der Waals surface area contributed by atoms with Crippen LogP contribution in [0.2, 0.25) is 0 Å². The summed E-state index contributed by atoms with van der Waals surface area (Å²) >= 11 is 0. The van der Waals surface area contributed by atoms with Crippen LogP contribution in [0.1, 0.15) is 41.5 Å². The minimum Gasteiger partial charge on any atom is -0.479 e. The summed E-state index contributed by atoms with van der Waals surface area (Å²) in [4.78, 5) is 33.1. The second-order valence-electron chi connectivity index (χ2n) is 9.99. The maximum atomic E-state index is 11.3. The van der Waals surface area contributed by atoms with E-state index in [0.29, 0.717) is 0 Å². The molecule has 3 saturated heterocycles. The number of hydrogen-bond donors (Lipinski definition) is 4. The van der Waals surface area contributed by atoms with E-state index < -0.39 is 24.5 Å². The number of carboxylic acid groups (broad SMARTS) is 1. The first-order valence-electron chi connectivity index (χ1n) is 12.6. The van der Waals surface area contributed by atoms with E-state index in [-0.39, 0.29) is 110 Å². The molecule has 0 aromatic heterocycles. The van der Waals surface area contributed by atoms with Crippen molar-refractivity contribution in [3.8, 4) is 0 Å². The van der Waals surface area contributed by atoms with Crippen LogP contribution in [0, 0.1) is 79.6 Å². The van der Waals surface area contributed by atoms with Gasteiger partial charge in [-0.1, -0.05) is 41.5 Å². The molecule has 4 N–H and O–H groups in total. The Hall–Kier alpha value is -0.388. The van der Waals surface area contributed by atoms with Gasteiger partial charge in [-0.3, -0.25) is 9.59 Å². The minimum absolute atomic E-state index is 0. The van der Waals surface area contributed by atoms with Gasteiger partial charge in [0.05, 0.1) is 0 Å². The van der Waals surface area contributed by atoms with Crippen molar-refractivity contribution in [2.75, 3.05) is 28.3 Å². The predicted molar refractivity (Wildman–Crippen MR) is 133 cm³/mol. The number of amides is 2. The molecule has 0 bridgehead atoms. The topological polar surface area (TPSA) is 162 Å². The molecule has 0 aromatic rings. The zero-order valence-corrected chi connectivity index (χ0v) is 28.9. The molecular formula is C25H46AcN2O10. The zero-order chi connectivity index (χ0) is 28.6. The number of ether oxygens (including phenoxy) is 5. The number of likely N-dealkylation sites (N-methyl/N-ethyl adjacent to an activating group) is 2. The third-order valence-electron chi connectivity index (χ3n) is 7.79. The maximum Gasteiger partial charge on any atom is 0.333 e. The number of nitrogens with one attached hydrogen (secondary N) is 2. The summed E-state index contributed by atoms with van der Waals surface area (Å²) in [6.07, 6.45) is -3.02. The molecule has 3 unspecified atom stereocenters. The van der Waals surface area contributed by atoms with E-state index in [9.17, 15) is 19.5 Å². The molecule has 0 saturated carbocycles. The Morgan fingerprint density at radius 1 is 0.632 bits per heavy atom. The first-order chi connectivity index (χ1) is 17.3. The average molecular weight is 762 g/mol. The summed E-state index contributed by atoms with van der Waals surface area (Å²) in [6.45, 7) is 11.6. The molecule has 0 aliphatic carbocycles. The van der Waals surface area contributed by atoms with Gasteiger partial charge in [0.1, 0.15) is 12.2 Å². The predicted octanol–water partition coefficient (Wildman–Crippen LogP) is 0.812. The van der Waals surface area contributed by atoms with Crippen molar-refractivity contribution in [1.82, 2.24) is 10.6 Å². The van der Waals surface area contributed by atoms with Crippen LogP contribution in [0.5, 0.6) is 0 Å². The fourth-order valence-electron chi connectivity index (χ4n) is 4.47. The van der Waals surface area contributed by atoms with Crippen molar-refractivity contribution in [3.63, 3.8) is 0 Å². The first kappa shape index (κ1) is 37.6. The van der Waals surface area contributed by atoms with Gasteiger partial charge in [0.15, 0.2) is 25.0 Å². The van der Waals surface area contributed by atoms with Crippen molar-refractivity contribution < 1.29 is 92.3 Å². The van der Waals surface area contributed by atoms with Gasteiger partial charge in [-0.2, -0.15) is 0 Å². The van der Waals surface area contributed by atoms with Gasteiger partial charge in [-0.05, 0) is 11.8 Å². The molecule has 38 heavy (non-hydrogen) atoms. The van der Waals surface area contributed by atoms with Gasteiger partial charge in [-0.25, -0.2) is 4.79 Å². The van der Waals surface area contributed by atoms with Crippen LogP contribution in [-0.2, 0) is 38.1 Å². The molecule has 12 nitrogen and oxygen atoms in total. The SMILES string of the molecule is CNC(=O)[C@H]1OC(O)[C@H](C)[C@@H]1C.CNC(=O)[C@H]1OC(OC)[C@H](C)[C@@H]1C.COC1O[C@H](C(=O)O)[C@@H](C)[C@H]1C.[Ac]. The molecule has 3 aliphatic rings. The Morgan fingerprint density at radius 3 is 1.24 bits per heavy atom. The van der Waals surface area contributed by atoms with Gasteiger partial charge in [0, 0.05) is 96.0 Å². The second-order valence-corrected chi connectivity index (χ2v) is 9.99. The summed E-state index contributed by atoms with van der Waals surface area (Å²) in [5.74, 6) is -0.452. The Bertz CT molecular complexity index is 760. The van der Waals surface area contributed by atoms with E-state index >= 15 is 0 Å². The number of methoxy groups -OCH3 is 2. The summed E-state index contributed by atoms with van der Waals surface area (Å²) in [5.41, 5.74) is 0. The Kier molecular flexibility index (Phi) is 17.3. The van der Waals surface area contributed by atoms with E-state index in [1.807, 2.05) is 41.5 Å².